The predicted molar refractivity (Wildman–Crippen MR) is 119 cm³/mol. The number of aromatic amines is 1. The van der Waals surface area contributed by atoms with Gasteiger partial charge in [0.15, 0.2) is 0 Å². The third-order valence-electron chi connectivity index (χ3n) is 6.14. The first kappa shape index (κ1) is 20.2. The van der Waals surface area contributed by atoms with Crippen molar-refractivity contribution in [2.24, 2.45) is 7.05 Å². The van der Waals surface area contributed by atoms with Gasteiger partial charge in [-0.2, -0.15) is 5.10 Å². The number of fused-ring (bicyclic) bond motifs is 1. The number of hydrogen-bond donors (Lipinski definition) is 1. The lowest BCUT2D eigenvalue weighted by Gasteiger charge is -2.36. The van der Waals surface area contributed by atoms with Gasteiger partial charge in [-0.05, 0) is 50.5 Å². The van der Waals surface area contributed by atoms with Crippen molar-refractivity contribution in [3.8, 4) is 0 Å². The second-order valence-electron chi connectivity index (χ2n) is 8.20. The first-order valence-electron chi connectivity index (χ1n) is 10.5. The van der Waals surface area contributed by atoms with E-state index in [1.165, 1.54) is 11.3 Å². The molecule has 1 amide bonds. The Morgan fingerprint density at radius 3 is 2.57 bits per heavy atom. The van der Waals surface area contributed by atoms with Crippen LogP contribution in [0.2, 0.25) is 0 Å². The number of aromatic nitrogens is 3. The van der Waals surface area contributed by atoms with Gasteiger partial charge in [-0.25, -0.2) is 0 Å². The van der Waals surface area contributed by atoms with Crippen LogP contribution in [0, 0.1) is 20.8 Å². The number of aryl methyl sites for hydroxylation is 4. The van der Waals surface area contributed by atoms with Gasteiger partial charge < -0.3 is 14.8 Å². The van der Waals surface area contributed by atoms with Crippen LogP contribution in [0.4, 0.5) is 5.69 Å². The third-order valence-corrected chi connectivity index (χ3v) is 6.14. The van der Waals surface area contributed by atoms with E-state index in [-0.39, 0.29) is 11.5 Å². The zero-order chi connectivity index (χ0) is 21.4. The van der Waals surface area contributed by atoms with Crippen molar-refractivity contribution in [1.29, 1.82) is 0 Å². The fourth-order valence-electron chi connectivity index (χ4n) is 4.48. The van der Waals surface area contributed by atoms with E-state index in [0.717, 1.165) is 35.4 Å². The Bertz CT molecular complexity index is 1150. The number of hydrogen-bond acceptors (Lipinski definition) is 4. The van der Waals surface area contributed by atoms with Crippen LogP contribution >= 0.6 is 0 Å². The lowest BCUT2D eigenvalue weighted by atomic mass is 10.0. The van der Waals surface area contributed by atoms with Crippen molar-refractivity contribution in [3.05, 3.63) is 57.0 Å². The molecule has 1 fully saturated rings. The summed E-state index contributed by atoms with van der Waals surface area (Å²) in [4.78, 5) is 32.6. The van der Waals surface area contributed by atoms with Gasteiger partial charge in [0.25, 0.3) is 5.56 Å². The molecule has 0 spiro atoms. The average Bonchev–Trinajstić information content (AvgIpc) is 3.01. The van der Waals surface area contributed by atoms with Crippen LogP contribution < -0.4 is 10.5 Å². The Morgan fingerprint density at radius 2 is 1.87 bits per heavy atom. The smallest absolute Gasteiger partial charge is 0.253 e. The average molecular weight is 408 g/mol. The Kier molecular flexibility index (Phi) is 5.37. The van der Waals surface area contributed by atoms with Gasteiger partial charge in [0, 0.05) is 56.3 Å². The summed E-state index contributed by atoms with van der Waals surface area (Å²) in [5.41, 5.74) is 5.57. The highest BCUT2D eigenvalue weighted by Crippen LogP contribution is 2.22. The molecule has 3 heterocycles. The molecule has 0 radical (unpaired) electrons. The summed E-state index contributed by atoms with van der Waals surface area (Å²) in [6, 6.07) is 8.47. The van der Waals surface area contributed by atoms with Crippen molar-refractivity contribution in [3.63, 3.8) is 0 Å². The Labute approximate surface area is 176 Å². The van der Waals surface area contributed by atoms with E-state index < -0.39 is 0 Å². The van der Waals surface area contributed by atoms with Crippen molar-refractivity contribution in [2.45, 2.75) is 33.6 Å². The minimum absolute atomic E-state index is 0.112. The topological polar surface area (TPSA) is 74.2 Å². The number of nitrogens with zero attached hydrogens (tertiary/aromatic N) is 4. The van der Waals surface area contributed by atoms with Crippen molar-refractivity contribution in [1.82, 2.24) is 19.7 Å². The maximum Gasteiger partial charge on any atom is 0.253 e. The van der Waals surface area contributed by atoms with Crippen LogP contribution in [-0.2, 0) is 18.3 Å². The summed E-state index contributed by atoms with van der Waals surface area (Å²) in [6.07, 6.45) is 0.793. The number of H-pyrrole nitrogens is 1. The molecule has 0 saturated carbocycles. The molecule has 0 unspecified atom stereocenters. The molecule has 30 heavy (non-hydrogen) atoms. The second kappa shape index (κ2) is 7.97. The number of carbonyl (C=O) groups is 1. The summed E-state index contributed by atoms with van der Waals surface area (Å²) in [5, 5.41) is 5.38. The summed E-state index contributed by atoms with van der Waals surface area (Å²) in [7, 11) is 1.82. The Balaban J connectivity index is 1.41. The van der Waals surface area contributed by atoms with Gasteiger partial charge in [0.2, 0.25) is 5.91 Å². The van der Waals surface area contributed by atoms with E-state index in [1.807, 2.05) is 25.8 Å². The predicted octanol–water partition coefficient (Wildman–Crippen LogP) is 2.47. The lowest BCUT2D eigenvalue weighted by Crippen LogP contribution is -2.48. The normalized spacial score (nSPS) is 14.5. The van der Waals surface area contributed by atoms with Gasteiger partial charge >= 0.3 is 0 Å². The number of anilines is 1. The number of carbonyl (C=O) groups excluding carboxylic acids is 1. The third kappa shape index (κ3) is 3.72. The highest BCUT2D eigenvalue weighted by atomic mass is 16.2. The molecule has 1 aliphatic rings. The highest BCUT2D eigenvalue weighted by molar-refractivity contribution is 5.83. The molecule has 0 atom stereocenters. The van der Waals surface area contributed by atoms with E-state index in [1.54, 1.807) is 4.68 Å². The van der Waals surface area contributed by atoms with Crippen molar-refractivity contribution >= 4 is 22.6 Å². The SMILES string of the molecule is Cc1cccc(N2CCN(C(=O)CCc3c(C)c4c(C)nn(C)c4[nH]c3=O)CC2)c1. The van der Waals surface area contributed by atoms with Crippen LogP contribution in [0.3, 0.4) is 0 Å². The molecule has 2 aromatic heterocycles. The molecule has 158 valence electrons. The minimum Gasteiger partial charge on any atom is -0.368 e. The van der Waals surface area contributed by atoms with Crippen molar-refractivity contribution < 1.29 is 4.79 Å². The van der Waals surface area contributed by atoms with Gasteiger partial charge in [0.1, 0.15) is 5.65 Å². The van der Waals surface area contributed by atoms with Crippen LogP contribution in [0.15, 0.2) is 29.1 Å². The molecule has 1 aliphatic heterocycles. The molecule has 1 saturated heterocycles. The molecule has 0 aliphatic carbocycles. The summed E-state index contributed by atoms with van der Waals surface area (Å²) in [6.45, 7) is 9.07. The molecule has 1 N–H and O–H groups in total. The first-order valence-corrected chi connectivity index (χ1v) is 10.5. The zero-order valence-corrected chi connectivity index (χ0v) is 18.2. The van der Waals surface area contributed by atoms with Crippen LogP contribution in [-0.4, -0.2) is 51.8 Å². The summed E-state index contributed by atoms with van der Waals surface area (Å²) in [5.74, 6) is 0.112. The van der Waals surface area contributed by atoms with Gasteiger partial charge in [-0.1, -0.05) is 12.1 Å². The van der Waals surface area contributed by atoms with Gasteiger partial charge in [0.05, 0.1) is 5.69 Å². The van der Waals surface area contributed by atoms with Gasteiger partial charge in [-0.15, -0.1) is 0 Å². The quantitative estimate of drug-likeness (QED) is 0.721. The van der Waals surface area contributed by atoms with E-state index in [2.05, 4.69) is 46.2 Å². The zero-order valence-electron chi connectivity index (χ0n) is 18.2. The number of pyridine rings is 1. The van der Waals surface area contributed by atoms with E-state index in [9.17, 15) is 9.59 Å². The number of benzene rings is 1. The molecule has 1 aromatic carbocycles. The Morgan fingerprint density at radius 1 is 1.13 bits per heavy atom. The van der Waals surface area contributed by atoms with Crippen molar-refractivity contribution in [2.75, 3.05) is 31.1 Å². The number of piperazine rings is 1. The van der Waals surface area contributed by atoms with E-state index >= 15 is 0 Å². The molecular formula is C23H29N5O2. The number of amides is 1. The fraction of sp³-hybridized carbons (Fsp3) is 0.435. The first-order chi connectivity index (χ1) is 14.3. The summed E-state index contributed by atoms with van der Waals surface area (Å²) < 4.78 is 1.70. The molecule has 0 bridgehead atoms. The van der Waals surface area contributed by atoms with E-state index in [4.69, 9.17) is 0 Å². The molecule has 7 heteroatoms. The fourth-order valence-corrected chi connectivity index (χ4v) is 4.48. The maximum absolute atomic E-state index is 12.8. The van der Waals surface area contributed by atoms with Crippen LogP contribution in [0.25, 0.3) is 11.0 Å². The Hall–Kier alpha value is -3.09. The summed E-state index contributed by atoms with van der Waals surface area (Å²) >= 11 is 0. The molecule has 7 nitrogen and oxygen atoms in total. The second-order valence-corrected chi connectivity index (χ2v) is 8.20. The number of rotatable bonds is 4. The molecular weight excluding hydrogens is 378 g/mol. The number of nitrogens with one attached hydrogen (secondary N) is 1. The largest absolute Gasteiger partial charge is 0.368 e. The monoisotopic (exact) mass is 407 g/mol. The highest BCUT2D eigenvalue weighted by Gasteiger charge is 2.22. The van der Waals surface area contributed by atoms with Crippen LogP contribution in [0.5, 0.6) is 0 Å². The van der Waals surface area contributed by atoms with Gasteiger partial charge in [-0.3, -0.25) is 14.3 Å². The minimum atomic E-state index is -0.125. The van der Waals surface area contributed by atoms with Crippen LogP contribution in [0.1, 0.15) is 28.8 Å². The maximum atomic E-state index is 12.8. The standard InChI is InChI=1S/C23H29N5O2/c1-15-6-5-7-18(14-15)27-10-12-28(13-11-27)20(29)9-8-19-16(2)21-17(3)25-26(4)22(21)24-23(19)30/h5-7,14H,8-13H2,1-4H3,(H,24,30). The lowest BCUT2D eigenvalue weighted by molar-refractivity contribution is -0.131. The molecule has 4 rings (SSSR count). The van der Waals surface area contributed by atoms with E-state index in [0.29, 0.717) is 31.5 Å². The molecule has 3 aromatic rings.